The van der Waals surface area contributed by atoms with Gasteiger partial charge in [0.05, 0.1) is 0 Å². The lowest BCUT2D eigenvalue weighted by atomic mass is 13.9. The van der Waals surface area contributed by atoms with Crippen LogP contribution in [0, 0.1) is 0 Å². The van der Waals surface area contributed by atoms with Crippen LogP contribution in [0.5, 0.6) is 0 Å². The van der Waals surface area contributed by atoms with E-state index in [2.05, 4.69) is 35.3 Å². The lowest BCUT2D eigenvalue weighted by molar-refractivity contribution is 1.45. The zero-order valence-corrected chi connectivity index (χ0v) is 3.85. The highest BCUT2D eigenvalue weighted by molar-refractivity contribution is 6.54. The fourth-order valence-electron chi connectivity index (χ4n) is 0. The molecule has 0 atom stereocenters. The molecule has 0 bridgehead atoms. The summed E-state index contributed by atoms with van der Waals surface area (Å²) in [7, 11) is 0. The van der Waals surface area contributed by atoms with Gasteiger partial charge in [-0.25, -0.2) is 0 Å². The Morgan fingerprint density at radius 2 is 1.00 bits per heavy atom. The highest BCUT2D eigenvalue weighted by atomic mass is 35.6. The molecular weight excluding hydrogens is 120 g/mol. The Bertz CT molecular complexity index is 8.00. The number of hydrogen-bond donors (Lipinski definition) is 0. The molecule has 0 aromatic carbocycles. The van der Waals surface area contributed by atoms with Crippen molar-refractivity contribution in [2.24, 2.45) is 0 Å². The summed E-state index contributed by atoms with van der Waals surface area (Å²) in [6.07, 6.45) is 0. The molecule has 4 heavy (non-hydrogen) atoms. The molecule has 0 amide bonds. The Labute approximate surface area is 39.4 Å². The van der Waals surface area contributed by atoms with E-state index in [4.69, 9.17) is 0 Å². The number of halogens is 3. The van der Waals surface area contributed by atoms with Crippen molar-refractivity contribution in [1.29, 1.82) is 0 Å². The average Bonchev–Trinajstić information content (AvgIpc) is 0.811. The molecule has 0 aliphatic carbocycles. The molecular formula is Cl3N+. The highest BCUT2D eigenvalue weighted by Gasteiger charge is 1.96. The third kappa shape index (κ3) is 13.8. The topological polar surface area (TPSA) is 5.90 Å². The lowest BCUT2D eigenvalue weighted by Crippen LogP contribution is -1.72. The van der Waals surface area contributed by atoms with E-state index >= 15 is 0 Å². The van der Waals surface area contributed by atoms with Gasteiger partial charge in [-0.3, -0.25) is 0 Å². The van der Waals surface area contributed by atoms with Crippen molar-refractivity contribution in [3.05, 3.63) is 0 Å². The fraction of sp³-hybridized carbons (Fsp3) is 0. The third-order valence-electron chi connectivity index (χ3n) is 0. The van der Waals surface area contributed by atoms with E-state index in [-0.39, 0.29) is 0 Å². The van der Waals surface area contributed by atoms with Gasteiger partial charge < -0.3 is 0 Å². The molecule has 0 aromatic rings. The summed E-state index contributed by atoms with van der Waals surface area (Å²) in [6, 6.07) is 0. The normalized spacial score (nSPS) is 9.00. The highest BCUT2D eigenvalue weighted by Crippen LogP contribution is 1.93. The van der Waals surface area contributed by atoms with Gasteiger partial charge in [0, 0.05) is 0 Å². The molecule has 0 rings (SSSR count). The second kappa shape index (κ2) is 2.09. The van der Waals surface area contributed by atoms with Gasteiger partial charge in [-0.2, -0.15) is 0 Å². The lowest BCUT2D eigenvalue weighted by Gasteiger charge is -1.51. The van der Waals surface area contributed by atoms with E-state index < -0.39 is 0 Å². The van der Waals surface area contributed by atoms with Crippen LogP contribution in [0.25, 0.3) is 0 Å². The molecule has 25 valence electrons. The summed E-state index contributed by atoms with van der Waals surface area (Å²) in [5.74, 6) is 0. The van der Waals surface area contributed by atoms with Gasteiger partial charge in [-0.15, -0.1) is 0 Å². The van der Waals surface area contributed by atoms with Crippen molar-refractivity contribution in [1.82, 2.24) is 3.46 Å². The molecule has 0 saturated carbocycles. The molecule has 0 heterocycles. The van der Waals surface area contributed by atoms with Crippen LogP contribution in [0.3, 0.4) is 0 Å². The third-order valence-corrected chi connectivity index (χ3v) is 0. The predicted octanol–water partition coefficient (Wildman–Crippen LogP) is 1.59. The van der Waals surface area contributed by atoms with Crippen molar-refractivity contribution < 1.29 is 0 Å². The van der Waals surface area contributed by atoms with Gasteiger partial charge in [-0.1, -0.05) is 0 Å². The standard InChI is InChI=1S/Cl3N/c1-4(2)3/q+1. The van der Waals surface area contributed by atoms with E-state index in [9.17, 15) is 0 Å². The molecule has 0 aliphatic heterocycles. The van der Waals surface area contributed by atoms with E-state index in [0.717, 1.165) is 0 Å². The Balaban J connectivity index is 2.32. The van der Waals surface area contributed by atoms with Crippen molar-refractivity contribution in [3.63, 3.8) is 0 Å². The van der Waals surface area contributed by atoms with Crippen LogP contribution in [-0.2, 0) is 0 Å². The average molecular weight is 120 g/mol. The molecule has 0 aromatic heterocycles. The first-order valence-electron chi connectivity index (χ1n) is 0.507. The largest absolute Gasteiger partial charge is 0.275 e. The summed E-state index contributed by atoms with van der Waals surface area (Å²) in [5.41, 5.74) is 0. The molecule has 1 radical (unpaired) electrons. The second-order valence-electron chi connectivity index (χ2n) is 0.192. The minimum absolute atomic E-state index is 0.417. The Kier molecular flexibility index (Phi) is 2.52. The van der Waals surface area contributed by atoms with Crippen LogP contribution in [0.2, 0.25) is 0 Å². The molecule has 0 aliphatic rings. The Morgan fingerprint density at radius 1 is 1.00 bits per heavy atom. The Hall–Kier alpha value is 0.830. The molecule has 0 saturated heterocycles. The van der Waals surface area contributed by atoms with Gasteiger partial charge in [-0.05, 0) is 0 Å². The van der Waals surface area contributed by atoms with Crippen LogP contribution in [0.4, 0.5) is 0 Å². The zero-order chi connectivity index (χ0) is 3.58. The summed E-state index contributed by atoms with van der Waals surface area (Å²) in [5, 5.41) is 0. The summed E-state index contributed by atoms with van der Waals surface area (Å²) < 4.78 is 0.417. The van der Waals surface area contributed by atoms with Crippen LogP contribution >= 0.6 is 35.3 Å². The minimum Gasteiger partial charge on any atom is 0.175 e. The molecule has 0 unspecified atom stereocenters. The monoisotopic (exact) mass is 119 g/mol. The minimum atomic E-state index is 0.417. The van der Waals surface area contributed by atoms with Crippen molar-refractivity contribution >= 4 is 35.3 Å². The molecule has 0 N–H and O–H groups in total. The van der Waals surface area contributed by atoms with E-state index in [1.807, 2.05) is 0 Å². The fourth-order valence-corrected chi connectivity index (χ4v) is 0. The second-order valence-corrected chi connectivity index (χ2v) is 1.72. The molecule has 4 heteroatoms. The van der Waals surface area contributed by atoms with Gasteiger partial charge in [0.15, 0.2) is 3.46 Å². The molecule has 0 fully saturated rings. The van der Waals surface area contributed by atoms with Crippen LogP contribution in [0.15, 0.2) is 0 Å². The van der Waals surface area contributed by atoms with Crippen LogP contribution in [0.1, 0.15) is 0 Å². The first kappa shape index (κ1) is 4.83. The first-order valence-corrected chi connectivity index (χ1v) is 1.52. The van der Waals surface area contributed by atoms with Crippen LogP contribution < -0.4 is 3.46 Å². The number of rotatable bonds is 0. The van der Waals surface area contributed by atoms with E-state index in [1.54, 1.807) is 0 Å². The molecule has 0 spiro atoms. The first-order chi connectivity index (χ1) is 1.73. The summed E-state index contributed by atoms with van der Waals surface area (Å²) in [6.45, 7) is 0. The maximum atomic E-state index is 4.64. The van der Waals surface area contributed by atoms with Crippen molar-refractivity contribution in [2.75, 3.05) is 0 Å². The van der Waals surface area contributed by atoms with Gasteiger partial charge in [0.1, 0.15) is 0 Å². The smallest absolute Gasteiger partial charge is 0.175 e. The van der Waals surface area contributed by atoms with E-state index in [1.165, 1.54) is 0 Å². The zero-order valence-electron chi connectivity index (χ0n) is 1.58. The van der Waals surface area contributed by atoms with Crippen molar-refractivity contribution in [3.8, 4) is 0 Å². The van der Waals surface area contributed by atoms with Crippen LogP contribution in [-0.4, -0.2) is 0 Å². The SMILES string of the molecule is Cl[N+](Cl)Cl. The maximum absolute atomic E-state index is 4.64. The number of nitrogens with zero attached hydrogens (tertiary/aromatic N) is 1. The van der Waals surface area contributed by atoms with Crippen molar-refractivity contribution in [2.45, 2.75) is 0 Å². The van der Waals surface area contributed by atoms with Gasteiger partial charge in [0.2, 0.25) is 0 Å². The summed E-state index contributed by atoms with van der Waals surface area (Å²) >= 11 is 13.9. The summed E-state index contributed by atoms with van der Waals surface area (Å²) in [4.78, 5) is 0. The Morgan fingerprint density at radius 3 is 1.00 bits per heavy atom. The van der Waals surface area contributed by atoms with Gasteiger partial charge in [0.25, 0.3) is 35.3 Å². The number of hydrogen-bond acceptors (Lipinski definition) is 1. The predicted molar refractivity (Wildman–Crippen MR) is 19.7 cm³/mol. The quantitative estimate of drug-likeness (QED) is 0.428. The molecule has 1 nitrogen and oxygen atoms in total. The van der Waals surface area contributed by atoms with Gasteiger partial charge >= 0.3 is 0 Å². The van der Waals surface area contributed by atoms with E-state index in [0.29, 0.717) is 3.46 Å². The maximum Gasteiger partial charge on any atom is 0.275 e.